The summed E-state index contributed by atoms with van der Waals surface area (Å²) in [7, 11) is 0. The highest BCUT2D eigenvalue weighted by Gasteiger charge is 2.23. The van der Waals surface area contributed by atoms with Gasteiger partial charge in [0.2, 0.25) is 5.91 Å². The molecule has 1 aromatic heterocycles. The number of hydrogen-bond donors (Lipinski definition) is 1. The lowest BCUT2D eigenvalue weighted by molar-refractivity contribution is -0.118. The second-order valence-electron chi connectivity index (χ2n) is 5.90. The molecule has 0 saturated heterocycles. The number of nitrogens with one attached hydrogen (secondary N) is 1. The van der Waals surface area contributed by atoms with Crippen LogP contribution in [0.5, 0.6) is 0 Å². The fourth-order valence-electron chi connectivity index (χ4n) is 3.11. The van der Waals surface area contributed by atoms with Crippen molar-refractivity contribution in [1.29, 1.82) is 0 Å². The summed E-state index contributed by atoms with van der Waals surface area (Å²) in [6.45, 7) is 2.62. The van der Waals surface area contributed by atoms with E-state index in [-0.39, 0.29) is 11.8 Å². The standard InChI is InChI=1S/C18H16N4O2S/c1-2-22-16-7-5-13(9-11(16)4-8-17(22)23)19-18(24)12-3-6-14-15(10-12)21-25-20-14/h3,5-7,9-10H,2,4,8H2,1H3,(H,19,24). The van der Waals surface area contributed by atoms with Crippen molar-refractivity contribution in [1.82, 2.24) is 8.75 Å². The van der Waals surface area contributed by atoms with Gasteiger partial charge in [-0.2, -0.15) is 8.75 Å². The molecule has 25 heavy (non-hydrogen) atoms. The van der Waals surface area contributed by atoms with E-state index in [0.29, 0.717) is 24.9 Å². The van der Waals surface area contributed by atoms with E-state index in [9.17, 15) is 9.59 Å². The second-order valence-corrected chi connectivity index (χ2v) is 6.43. The molecule has 0 spiro atoms. The largest absolute Gasteiger partial charge is 0.322 e. The molecule has 1 aliphatic heterocycles. The lowest BCUT2D eigenvalue weighted by Gasteiger charge is -2.28. The molecule has 7 heteroatoms. The fraction of sp³-hybridized carbons (Fsp3) is 0.222. The third-order valence-corrected chi connectivity index (χ3v) is 4.93. The summed E-state index contributed by atoms with van der Waals surface area (Å²) in [5.74, 6) is -0.0361. The number of amides is 2. The zero-order chi connectivity index (χ0) is 17.4. The second kappa shape index (κ2) is 6.25. The van der Waals surface area contributed by atoms with Crippen LogP contribution >= 0.6 is 11.7 Å². The van der Waals surface area contributed by atoms with Crippen LogP contribution in [0, 0.1) is 0 Å². The molecule has 2 amide bonds. The zero-order valence-corrected chi connectivity index (χ0v) is 14.5. The zero-order valence-electron chi connectivity index (χ0n) is 13.7. The van der Waals surface area contributed by atoms with Gasteiger partial charge in [0.25, 0.3) is 5.91 Å². The SMILES string of the molecule is CCN1C(=O)CCc2cc(NC(=O)c3ccc4nsnc4c3)ccc21. The van der Waals surface area contributed by atoms with Crippen molar-refractivity contribution in [3.63, 3.8) is 0 Å². The molecule has 1 N–H and O–H groups in total. The molecule has 2 aromatic carbocycles. The van der Waals surface area contributed by atoms with Gasteiger partial charge in [-0.1, -0.05) is 0 Å². The topological polar surface area (TPSA) is 75.2 Å². The first-order valence-corrected chi connectivity index (χ1v) is 8.85. The van der Waals surface area contributed by atoms with Crippen LogP contribution in [-0.4, -0.2) is 27.1 Å². The quantitative estimate of drug-likeness (QED) is 0.785. The number of hydrogen-bond acceptors (Lipinski definition) is 5. The van der Waals surface area contributed by atoms with Gasteiger partial charge in [0.1, 0.15) is 11.0 Å². The Balaban J connectivity index is 1.58. The van der Waals surface area contributed by atoms with Crippen molar-refractivity contribution in [2.45, 2.75) is 19.8 Å². The minimum Gasteiger partial charge on any atom is -0.322 e. The van der Waals surface area contributed by atoms with E-state index in [1.165, 1.54) is 0 Å². The van der Waals surface area contributed by atoms with E-state index in [1.807, 2.05) is 25.1 Å². The summed E-state index contributed by atoms with van der Waals surface area (Å²) in [6, 6.07) is 11.0. The Labute approximate surface area is 148 Å². The van der Waals surface area contributed by atoms with E-state index in [2.05, 4.69) is 14.1 Å². The summed E-state index contributed by atoms with van der Waals surface area (Å²) < 4.78 is 8.30. The lowest BCUT2D eigenvalue weighted by atomic mass is 10.0. The first-order valence-electron chi connectivity index (χ1n) is 8.12. The van der Waals surface area contributed by atoms with Crippen molar-refractivity contribution < 1.29 is 9.59 Å². The molecule has 0 bridgehead atoms. The molecule has 1 aliphatic rings. The van der Waals surface area contributed by atoms with Crippen molar-refractivity contribution in [3.8, 4) is 0 Å². The minimum absolute atomic E-state index is 0.150. The fourth-order valence-corrected chi connectivity index (χ4v) is 3.63. The molecule has 0 radical (unpaired) electrons. The predicted octanol–water partition coefficient (Wildman–Crippen LogP) is 3.24. The third-order valence-electron chi connectivity index (χ3n) is 4.37. The Morgan fingerprint density at radius 3 is 2.84 bits per heavy atom. The Bertz CT molecular complexity index is 982. The maximum absolute atomic E-state index is 12.5. The van der Waals surface area contributed by atoms with Crippen LogP contribution in [0.3, 0.4) is 0 Å². The molecule has 4 rings (SSSR count). The Hall–Kier alpha value is -2.80. The molecular formula is C18H16N4O2S. The van der Waals surface area contributed by atoms with E-state index in [4.69, 9.17) is 0 Å². The van der Waals surface area contributed by atoms with Gasteiger partial charge in [-0.15, -0.1) is 0 Å². The predicted molar refractivity (Wildman–Crippen MR) is 98.2 cm³/mol. The molecule has 3 aromatic rings. The van der Waals surface area contributed by atoms with Gasteiger partial charge in [0, 0.05) is 29.9 Å². The van der Waals surface area contributed by atoms with Crippen LogP contribution in [0.15, 0.2) is 36.4 Å². The van der Waals surface area contributed by atoms with Crippen molar-refractivity contribution in [2.24, 2.45) is 0 Å². The van der Waals surface area contributed by atoms with Gasteiger partial charge in [-0.05, 0) is 55.3 Å². The van der Waals surface area contributed by atoms with Gasteiger partial charge < -0.3 is 10.2 Å². The van der Waals surface area contributed by atoms with Gasteiger partial charge in [-0.25, -0.2) is 0 Å². The van der Waals surface area contributed by atoms with E-state index in [1.54, 1.807) is 23.1 Å². The number of carbonyl (C=O) groups excluding carboxylic acids is 2. The molecular weight excluding hydrogens is 336 g/mol. The van der Waals surface area contributed by atoms with Crippen LogP contribution in [0.4, 0.5) is 11.4 Å². The van der Waals surface area contributed by atoms with E-state index < -0.39 is 0 Å². The third kappa shape index (κ3) is 2.87. The molecule has 0 unspecified atom stereocenters. The Kier molecular flexibility index (Phi) is 3.93. The van der Waals surface area contributed by atoms with E-state index >= 15 is 0 Å². The van der Waals surface area contributed by atoms with Crippen molar-refractivity contribution in [3.05, 3.63) is 47.5 Å². The average molecular weight is 352 g/mol. The van der Waals surface area contributed by atoms with Gasteiger partial charge in [0.05, 0.1) is 11.7 Å². The average Bonchev–Trinajstić information content (AvgIpc) is 3.09. The van der Waals surface area contributed by atoms with E-state index in [0.717, 1.165) is 39.7 Å². The Morgan fingerprint density at radius 2 is 2.00 bits per heavy atom. The number of benzene rings is 2. The first-order chi connectivity index (χ1) is 12.2. The molecule has 0 aliphatic carbocycles. The number of fused-ring (bicyclic) bond motifs is 2. The number of aromatic nitrogens is 2. The first kappa shape index (κ1) is 15.7. The minimum atomic E-state index is -0.186. The van der Waals surface area contributed by atoms with Crippen molar-refractivity contribution in [2.75, 3.05) is 16.8 Å². The molecule has 126 valence electrons. The van der Waals surface area contributed by atoms with Gasteiger partial charge in [-0.3, -0.25) is 9.59 Å². The number of nitrogens with zero attached hydrogens (tertiary/aromatic N) is 3. The summed E-state index contributed by atoms with van der Waals surface area (Å²) in [6.07, 6.45) is 1.20. The Morgan fingerprint density at radius 1 is 1.16 bits per heavy atom. The van der Waals surface area contributed by atoms with Crippen LogP contribution < -0.4 is 10.2 Å². The van der Waals surface area contributed by atoms with Gasteiger partial charge >= 0.3 is 0 Å². The lowest BCUT2D eigenvalue weighted by Crippen LogP contribution is -2.34. The highest BCUT2D eigenvalue weighted by Crippen LogP contribution is 2.30. The monoisotopic (exact) mass is 352 g/mol. The normalized spacial score (nSPS) is 13.8. The summed E-state index contributed by atoms with van der Waals surface area (Å²) in [5, 5.41) is 2.92. The van der Waals surface area contributed by atoms with Crippen LogP contribution in [0.25, 0.3) is 11.0 Å². The highest BCUT2D eigenvalue weighted by molar-refractivity contribution is 7.00. The summed E-state index contributed by atoms with van der Waals surface area (Å²) >= 11 is 1.13. The number of aryl methyl sites for hydroxylation is 1. The summed E-state index contributed by atoms with van der Waals surface area (Å²) in [5.41, 5.74) is 4.80. The van der Waals surface area contributed by atoms with Crippen molar-refractivity contribution >= 4 is 46.0 Å². The van der Waals surface area contributed by atoms with Crippen LogP contribution in [0.2, 0.25) is 0 Å². The van der Waals surface area contributed by atoms with Gasteiger partial charge in [0.15, 0.2) is 0 Å². The van der Waals surface area contributed by atoms with Crippen LogP contribution in [0.1, 0.15) is 29.3 Å². The molecule has 0 saturated carbocycles. The molecule has 0 atom stereocenters. The molecule has 0 fully saturated rings. The summed E-state index contributed by atoms with van der Waals surface area (Å²) in [4.78, 5) is 26.3. The number of anilines is 2. The smallest absolute Gasteiger partial charge is 0.255 e. The maximum atomic E-state index is 12.5. The molecule has 6 nitrogen and oxygen atoms in total. The highest BCUT2D eigenvalue weighted by atomic mass is 32.1. The number of carbonyl (C=O) groups is 2. The number of rotatable bonds is 3. The van der Waals surface area contributed by atoms with Crippen LogP contribution in [-0.2, 0) is 11.2 Å². The maximum Gasteiger partial charge on any atom is 0.255 e. The molecule has 2 heterocycles.